The minimum Gasteiger partial charge on any atom is -0.309 e. The summed E-state index contributed by atoms with van der Waals surface area (Å²) < 4.78 is 5.00. The van der Waals surface area contributed by atoms with Gasteiger partial charge in [0.1, 0.15) is 6.54 Å². The Morgan fingerprint density at radius 3 is 1.74 bits per heavy atom. The predicted molar refractivity (Wildman–Crippen MR) is 287 cm³/mol. The number of para-hydroxylation sites is 2. The Bertz CT molecular complexity index is 3340. The molecule has 0 N–H and O–H groups in total. The van der Waals surface area contributed by atoms with Crippen LogP contribution in [0.25, 0.3) is 55.3 Å². The standard InChI is InChI=1S/C66H57N2/c1-2-67-63(55-20-9-4-10-21-55)29-17-24-57(47-66(67)56-22-11-5-12-23-56)51-37-35-50(36-38-51)49-33-30-48(31-34-49)32-44-60(53-18-7-3-8-19-53)54-41-39-52(40-42-54)58-43-45-65-62(46-58)61-27-15-16-28-64(61)68(65)59-25-13-6-14-26-59/h3-16,18-23,25-28,30-31,33-43,45-47,60,63H,2,17,24,29,32,44H2,1H3/q+1. The molecule has 330 valence electrons. The molecule has 1 aliphatic heterocycles. The van der Waals surface area contributed by atoms with Gasteiger partial charge in [-0.1, -0.05) is 194 Å². The van der Waals surface area contributed by atoms with E-state index < -0.39 is 0 Å². The summed E-state index contributed by atoms with van der Waals surface area (Å²) >= 11 is 0. The van der Waals surface area contributed by atoms with Gasteiger partial charge in [0.05, 0.1) is 11.0 Å². The van der Waals surface area contributed by atoms with Crippen LogP contribution >= 0.6 is 0 Å². The Morgan fingerprint density at radius 1 is 0.485 bits per heavy atom. The second-order valence-electron chi connectivity index (χ2n) is 18.3. The maximum absolute atomic E-state index is 2.62. The molecule has 2 heteroatoms. The second-order valence-corrected chi connectivity index (χ2v) is 18.3. The number of rotatable bonds is 12. The molecule has 2 unspecified atom stereocenters. The first kappa shape index (κ1) is 42.8. The van der Waals surface area contributed by atoms with Crippen molar-refractivity contribution >= 4 is 33.1 Å². The Balaban J connectivity index is 0.814. The van der Waals surface area contributed by atoms with Crippen molar-refractivity contribution < 1.29 is 4.58 Å². The van der Waals surface area contributed by atoms with E-state index in [1.807, 2.05) is 0 Å². The van der Waals surface area contributed by atoms with Crippen molar-refractivity contribution in [3.05, 3.63) is 276 Å². The highest BCUT2D eigenvalue weighted by molar-refractivity contribution is 6.11. The van der Waals surface area contributed by atoms with Gasteiger partial charge >= 0.3 is 0 Å². The zero-order valence-corrected chi connectivity index (χ0v) is 38.9. The largest absolute Gasteiger partial charge is 0.309 e. The van der Waals surface area contributed by atoms with Crippen LogP contribution < -0.4 is 0 Å². The average molecular weight is 878 g/mol. The molecule has 0 aliphatic carbocycles. The Morgan fingerprint density at radius 2 is 1.03 bits per heavy atom. The zero-order chi connectivity index (χ0) is 45.7. The summed E-state index contributed by atoms with van der Waals surface area (Å²) in [6.07, 6.45) is 7.82. The Hall–Kier alpha value is -7.81. The van der Waals surface area contributed by atoms with Crippen molar-refractivity contribution in [1.29, 1.82) is 0 Å². The summed E-state index contributed by atoms with van der Waals surface area (Å²) in [5.74, 6) is 0.291. The SMILES string of the molecule is CC[N+]1=C(c2ccccc2)C=C(c2ccc(-c3ccc(CCC(c4ccccc4)c4ccc(-c5ccc6c(c5)c5ccccc5n6-c5ccccc5)cc4)cc3)cc2)CCCC1c1ccccc1. The third-order valence-corrected chi connectivity index (χ3v) is 14.3. The van der Waals surface area contributed by atoms with Gasteiger partial charge in [0, 0.05) is 46.0 Å². The molecular formula is C66H57N2+. The normalized spacial score (nSPS) is 14.7. The Kier molecular flexibility index (Phi) is 12.3. The van der Waals surface area contributed by atoms with Crippen LogP contribution in [0.5, 0.6) is 0 Å². The van der Waals surface area contributed by atoms with Crippen LogP contribution in [0.2, 0.25) is 0 Å². The molecule has 0 fully saturated rings. The lowest BCUT2D eigenvalue weighted by Gasteiger charge is -2.22. The van der Waals surface area contributed by atoms with Crippen LogP contribution in [-0.4, -0.2) is 21.4 Å². The molecule has 0 saturated heterocycles. The molecular weight excluding hydrogens is 821 g/mol. The fourth-order valence-electron chi connectivity index (χ4n) is 10.8. The zero-order valence-electron chi connectivity index (χ0n) is 38.9. The van der Waals surface area contributed by atoms with Gasteiger partial charge in [0.25, 0.3) is 0 Å². The molecule has 68 heavy (non-hydrogen) atoms. The highest BCUT2D eigenvalue weighted by atomic mass is 15.0. The number of benzene rings is 9. The molecule has 2 atom stereocenters. The molecule has 11 rings (SSSR count). The van der Waals surface area contributed by atoms with Gasteiger partial charge in [-0.2, -0.15) is 0 Å². The van der Waals surface area contributed by atoms with Gasteiger partial charge in [-0.3, -0.25) is 0 Å². The number of aromatic nitrogens is 1. The van der Waals surface area contributed by atoms with E-state index in [2.05, 4.69) is 259 Å². The van der Waals surface area contributed by atoms with Gasteiger partial charge in [0.15, 0.2) is 6.04 Å². The average Bonchev–Trinajstić information content (AvgIpc) is 3.74. The molecule has 0 bridgehead atoms. The van der Waals surface area contributed by atoms with Crippen molar-refractivity contribution in [2.24, 2.45) is 0 Å². The number of aryl methyl sites for hydroxylation is 1. The van der Waals surface area contributed by atoms with Crippen LogP contribution in [0.4, 0.5) is 0 Å². The topological polar surface area (TPSA) is 7.94 Å². The molecule has 1 aromatic heterocycles. The first-order chi connectivity index (χ1) is 33.7. The molecule has 0 spiro atoms. The van der Waals surface area contributed by atoms with E-state index in [9.17, 15) is 0 Å². The monoisotopic (exact) mass is 877 g/mol. The lowest BCUT2D eigenvalue weighted by atomic mass is 9.85. The van der Waals surface area contributed by atoms with Crippen LogP contribution in [0.1, 0.15) is 77.9 Å². The number of nitrogens with zero attached hydrogens (tertiary/aromatic N) is 2. The van der Waals surface area contributed by atoms with E-state index in [4.69, 9.17) is 0 Å². The van der Waals surface area contributed by atoms with Gasteiger partial charge in [-0.25, -0.2) is 4.58 Å². The molecule has 1 aliphatic rings. The highest BCUT2D eigenvalue weighted by Crippen LogP contribution is 2.37. The van der Waals surface area contributed by atoms with Crippen molar-refractivity contribution in [3.63, 3.8) is 0 Å². The van der Waals surface area contributed by atoms with Crippen molar-refractivity contribution in [2.75, 3.05) is 6.54 Å². The predicted octanol–water partition coefficient (Wildman–Crippen LogP) is 16.7. The van der Waals surface area contributed by atoms with E-state index in [0.29, 0.717) is 12.0 Å². The fourth-order valence-corrected chi connectivity index (χ4v) is 10.8. The molecule has 9 aromatic carbocycles. The molecule has 0 saturated carbocycles. The van der Waals surface area contributed by atoms with Crippen LogP contribution in [0.3, 0.4) is 0 Å². The lowest BCUT2D eigenvalue weighted by Crippen LogP contribution is -2.27. The number of hydrogen-bond donors (Lipinski definition) is 0. The molecule has 2 heterocycles. The van der Waals surface area contributed by atoms with Gasteiger partial charge in [-0.15, -0.1) is 0 Å². The highest BCUT2D eigenvalue weighted by Gasteiger charge is 2.28. The smallest absolute Gasteiger partial charge is 0.207 e. The van der Waals surface area contributed by atoms with Crippen LogP contribution in [0, 0.1) is 0 Å². The summed E-state index contributed by atoms with van der Waals surface area (Å²) in [5, 5.41) is 2.55. The minimum atomic E-state index is 0.291. The third-order valence-electron chi connectivity index (χ3n) is 14.3. The maximum atomic E-state index is 2.62. The van der Waals surface area contributed by atoms with E-state index in [1.54, 1.807) is 0 Å². The lowest BCUT2D eigenvalue weighted by molar-refractivity contribution is -0.569. The first-order valence-electron chi connectivity index (χ1n) is 24.6. The molecule has 0 amide bonds. The summed E-state index contributed by atoms with van der Waals surface area (Å²) in [6.45, 7) is 3.24. The first-order valence-corrected chi connectivity index (χ1v) is 24.6. The number of allylic oxidation sites excluding steroid dienone is 2. The third kappa shape index (κ3) is 8.78. The second kappa shape index (κ2) is 19.6. The summed E-state index contributed by atoms with van der Waals surface area (Å²) in [4.78, 5) is 0. The Labute approximate surface area is 401 Å². The molecule has 0 radical (unpaired) electrons. The van der Waals surface area contributed by atoms with Crippen molar-refractivity contribution in [1.82, 2.24) is 4.57 Å². The summed E-state index contributed by atoms with van der Waals surface area (Å²) in [6, 6.07) is 87.7. The number of fused-ring (bicyclic) bond motifs is 3. The van der Waals surface area contributed by atoms with E-state index in [-0.39, 0.29) is 0 Å². The van der Waals surface area contributed by atoms with E-state index >= 15 is 0 Å². The van der Waals surface area contributed by atoms with Crippen LogP contribution in [0.15, 0.2) is 243 Å². The van der Waals surface area contributed by atoms with Gasteiger partial charge in [-0.05, 0) is 125 Å². The molecule has 10 aromatic rings. The van der Waals surface area contributed by atoms with E-state index in [1.165, 1.54) is 94.4 Å². The van der Waals surface area contributed by atoms with Gasteiger partial charge in [0.2, 0.25) is 5.71 Å². The molecule has 2 nitrogen and oxygen atoms in total. The fraction of sp³-hybridized carbons (Fsp3) is 0.136. The van der Waals surface area contributed by atoms with E-state index in [0.717, 1.165) is 38.6 Å². The summed E-state index contributed by atoms with van der Waals surface area (Å²) in [7, 11) is 0. The maximum Gasteiger partial charge on any atom is 0.207 e. The van der Waals surface area contributed by atoms with Crippen molar-refractivity contribution in [2.45, 2.75) is 51.0 Å². The number of hydrogen-bond acceptors (Lipinski definition) is 0. The summed E-state index contributed by atoms with van der Waals surface area (Å²) in [5.41, 5.74) is 19.4. The quantitative estimate of drug-likeness (QED) is 0.108. The van der Waals surface area contributed by atoms with Crippen molar-refractivity contribution in [3.8, 4) is 27.9 Å². The van der Waals surface area contributed by atoms with Crippen LogP contribution in [-0.2, 0) is 6.42 Å². The minimum absolute atomic E-state index is 0.291. The van der Waals surface area contributed by atoms with Gasteiger partial charge < -0.3 is 4.57 Å².